The molecular formula is C8H5Br2ClO2. The average Bonchev–Trinajstić information content (AvgIpc) is 2.13. The summed E-state index contributed by atoms with van der Waals surface area (Å²) in [5, 5.41) is 9.80. The molecule has 1 N–H and O–H groups in total. The molecule has 0 atom stereocenters. The van der Waals surface area contributed by atoms with E-state index in [2.05, 4.69) is 31.9 Å². The lowest BCUT2D eigenvalue weighted by molar-refractivity contribution is 0.102. The van der Waals surface area contributed by atoms with Crippen molar-refractivity contribution in [1.82, 2.24) is 0 Å². The topological polar surface area (TPSA) is 37.3 Å². The van der Waals surface area contributed by atoms with Crippen LogP contribution in [0.1, 0.15) is 10.4 Å². The summed E-state index contributed by atoms with van der Waals surface area (Å²) in [7, 11) is 0. The summed E-state index contributed by atoms with van der Waals surface area (Å²) in [6, 6.07) is 3.15. The van der Waals surface area contributed by atoms with Crippen LogP contribution in [-0.2, 0) is 0 Å². The molecule has 0 aliphatic carbocycles. The number of hydrogen-bond acceptors (Lipinski definition) is 2. The van der Waals surface area contributed by atoms with Crippen molar-refractivity contribution in [3.63, 3.8) is 0 Å². The molecule has 0 saturated heterocycles. The van der Waals surface area contributed by atoms with Gasteiger partial charge in [-0.3, -0.25) is 4.79 Å². The Morgan fingerprint density at radius 3 is 2.69 bits per heavy atom. The van der Waals surface area contributed by atoms with Gasteiger partial charge in [0.15, 0.2) is 5.78 Å². The van der Waals surface area contributed by atoms with E-state index in [1.807, 2.05) is 0 Å². The zero-order valence-corrected chi connectivity index (χ0v) is 10.3. The Morgan fingerprint density at radius 2 is 2.15 bits per heavy atom. The molecule has 0 unspecified atom stereocenters. The van der Waals surface area contributed by atoms with Crippen molar-refractivity contribution >= 4 is 49.2 Å². The van der Waals surface area contributed by atoms with Crippen molar-refractivity contribution in [3.05, 3.63) is 27.2 Å². The highest BCUT2D eigenvalue weighted by atomic mass is 79.9. The molecule has 0 aromatic heterocycles. The molecule has 0 saturated carbocycles. The van der Waals surface area contributed by atoms with Gasteiger partial charge in [-0.25, -0.2) is 0 Å². The number of ketones is 1. The lowest BCUT2D eigenvalue weighted by atomic mass is 10.1. The van der Waals surface area contributed by atoms with Crippen LogP contribution in [0.25, 0.3) is 0 Å². The number of phenols is 1. The van der Waals surface area contributed by atoms with Gasteiger partial charge in [0.1, 0.15) is 5.75 Å². The quantitative estimate of drug-likeness (QED) is 0.667. The molecule has 0 amide bonds. The second-order valence-corrected chi connectivity index (χ2v) is 4.11. The number of phenolic OH excluding ortho intramolecular Hbond substituents is 1. The fourth-order valence-corrected chi connectivity index (χ4v) is 1.62. The maximum atomic E-state index is 11.2. The Bertz CT molecular complexity index is 352. The molecule has 0 bridgehead atoms. The van der Waals surface area contributed by atoms with E-state index in [9.17, 15) is 9.90 Å². The first-order chi connectivity index (χ1) is 6.07. The van der Waals surface area contributed by atoms with E-state index in [0.29, 0.717) is 4.47 Å². The molecule has 1 aromatic carbocycles. The van der Waals surface area contributed by atoms with Crippen LogP contribution in [0, 0.1) is 0 Å². The van der Waals surface area contributed by atoms with Crippen LogP contribution in [0.4, 0.5) is 0 Å². The molecule has 1 aromatic rings. The number of halogens is 3. The lowest BCUT2D eigenvalue weighted by Crippen LogP contribution is -2.00. The van der Waals surface area contributed by atoms with E-state index >= 15 is 0 Å². The second kappa shape index (κ2) is 4.44. The minimum Gasteiger partial charge on any atom is -0.506 e. The van der Waals surface area contributed by atoms with Gasteiger partial charge < -0.3 is 5.11 Å². The predicted molar refractivity (Wildman–Crippen MR) is 58.9 cm³/mol. The summed E-state index contributed by atoms with van der Waals surface area (Å²) in [6.07, 6.45) is 0. The number of benzene rings is 1. The third kappa shape index (κ3) is 2.24. The first-order valence-electron chi connectivity index (χ1n) is 3.34. The highest BCUT2D eigenvalue weighted by molar-refractivity contribution is 9.10. The van der Waals surface area contributed by atoms with Crippen molar-refractivity contribution in [2.75, 3.05) is 5.33 Å². The monoisotopic (exact) mass is 326 g/mol. The molecule has 0 spiro atoms. The molecule has 13 heavy (non-hydrogen) atoms. The number of aromatic hydroxyl groups is 1. The number of carbonyl (C=O) groups is 1. The van der Waals surface area contributed by atoms with Crippen molar-refractivity contribution < 1.29 is 9.90 Å². The summed E-state index contributed by atoms with van der Waals surface area (Å²) in [5.74, 6) is -0.382. The first kappa shape index (κ1) is 11.0. The minimum absolute atomic E-state index is 0.159. The van der Waals surface area contributed by atoms with Crippen LogP contribution in [0.2, 0.25) is 5.02 Å². The minimum atomic E-state index is -0.202. The van der Waals surface area contributed by atoms with Gasteiger partial charge in [0, 0.05) is 4.47 Å². The van der Waals surface area contributed by atoms with Gasteiger partial charge in [0.2, 0.25) is 0 Å². The highest BCUT2D eigenvalue weighted by Crippen LogP contribution is 2.34. The highest BCUT2D eigenvalue weighted by Gasteiger charge is 2.14. The van der Waals surface area contributed by atoms with Gasteiger partial charge in [-0.1, -0.05) is 27.5 Å². The Kier molecular flexibility index (Phi) is 3.76. The molecule has 1 rings (SSSR count). The van der Waals surface area contributed by atoms with Crippen LogP contribution >= 0.6 is 43.5 Å². The smallest absolute Gasteiger partial charge is 0.177 e. The normalized spacial score (nSPS) is 10.1. The van der Waals surface area contributed by atoms with Gasteiger partial charge in [0.05, 0.1) is 15.9 Å². The Labute approximate surface area is 97.2 Å². The predicted octanol–water partition coefficient (Wildman–Crippen LogP) is 3.39. The van der Waals surface area contributed by atoms with E-state index in [4.69, 9.17) is 11.6 Å². The van der Waals surface area contributed by atoms with Gasteiger partial charge in [-0.05, 0) is 28.1 Å². The summed E-state index contributed by atoms with van der Waals surface area (Å²) < 4.78 is 0.567. The number of hydrogen-bond donors (Lipinski definition) is 1. The summed E-state index contributed by atoms with van der Waals surface area (Å²) in [4.78, 5) is 11.2. The van der Waals surface area contributed by atoms with E-state index in [-0.39, 0.29) is 27.4 Å². The molecule has 0 heterocycles. The molecule has 0 radical (unpaired) electrons. The third-order valence-electron chi connectivity index (χ3n) is 1.49. The standard InChI is InChI=1S/C8H5Br2ClO2/c9-3-6(12)4-1-2-5(10)7(11)8(4)13/h1-2,13H,3H2. The molecule has 0 aliphatic rings. The largest absolute Gasteiger partial charge is 0.506 e. The van der Waals surface area contributed by atoms with Crippen molar-refractivity contribution in [2.45, 2.75) is 0 Å². The Morgan fingerprint density at radius 1 is 1.54 bits per heavy atom. The van der Waals surface area contributed by atoms with Crippen molar-refractivity contribution in [1.29, 1.82) is 0 Å². The first-order valence-corrected chi connectivity index (χ1v) is 5.63. The van der Waals surface area contributed by atoms with Gasteiger partial charge in [-0.2, -0.15) is 0 Å². The molecular weight excluding hydrogens is 323 g/mol. The zero-order valence-electron chi connectivity index (χ0n) is 6.35. The number of rotatable bonds is 2. The Hall–Kier alpha value is -0.0600. The van der Waals surface area contributed by atoms with Crippen LogP contribution in [0.5, 0.6) is 5.75 Å². The van der Waals surface area contributed by atoms with Gasteiger partial charge in [-0.15, -0.1) is 0 Å². The van der Waals surface area contributed by atoms with Crippen molar-refractivity contribution in [3.8, 4) is 5.75 Å². The number of carbonyl (C=O) groups excluding carboxylic acids is 1. The maximum Gasteiger partial charge on any atom is 0.177 e. The molecule has 5 heteroatoms. The summed E-state index contributed by atoms with van der Waals surface area (Å²) in [6.45, 7) is 0. The number of alkyl halides is 1. The van der Waals surface area contributed by atoms with Crippen LogP contribution in [0.3, 0.4) is 0 Å². The van der Waals surface area contributed by atoms with Crippen LogP contribution < -0.4 is 0 Å². The summed E-state index contributed by atoms with van der Waals surface area (Å²) >= 11 is 11.9. The van der Waals surface area contributed by atoms with Gasteiger partial charge in [0.25, 0.3) is 0 Å². The average molecular weight is 328 g/mol. The molecule has 0 aliphatic heterocycles. The number of Topliss-reactive ketones (excluding diaryl/α,β-unsaturated/α-hetero) is 1. The fraction of sp³-hybridized carbons (Fsp3) is 0.125. The summed E-state index contributed by atoms with van der Waals surface area (Å²) in [5.41, 5.74) is 0.227. The van der Waals surface area contributed by atoms with Crippen LogP contribution in [0.15, 0.2) is 16.6 Å². The SMILES string of the molecule is O=C(CBr)c1ccc(Br)c(Cl)c1O. The van der Waals surface area contributed by atoms with E-state index in [1.54, 1.807) is 6.07 Å². The van der Waals surface area contributed by atoms with Gasteiger partial charge >= 0.3 is 0 Å². The molecule has 70 valence electrons. The van der Waals surface area contributed by atoms with E-state index in [0.717, 1.165) is 0 Å². The second-order valence-electron chi connectivity index (χ2n) is 2.31. The van der Waals surface area contributed by atoms with Crippen LogP contribution in [-0.4, -0.2) is 16.2 Å². The zero-order chi connectivity index (χ0) is 10.0. The Balaban J connectivity index is 3.26. The lowest BCUT2D eigenvalue weighted by Gasteiger charge is -2.04. The van der Waals surface area contributed by atoms with Crippen molar-refractivity contribution in [2.24, 2.45) is 0 Å². The fourth-order valence-electron chi connectivity index (χ4n) is 0.837. The molecule has 2 nitrogen and oxygen atoms in total. The van der Waals surface area contributed by atoms with E-state index in [1.165, 1.54) is 6.07 Å². The maximum absolute atomic E-state index is 11.2. The third-order valence-corrected chi connectivity index (χ3v) is 3.27. The van der Waals surface area contributed by atoms with E-state index < -0.39 is 0 Å². The molecule has 0 fully saturated rings.